The molecule has 3 fully saturated rings. The highest BCUT2D eigenvalue weighted by molar-refractivity contribution is 8.26. The fourth-order valence-electron chi connectivity index (χ4n) is 4.93. The zero-order chi connectivity index (χ0) is 24.6. The molecule has 34 heavy (non-hydrogen) atoms. The van der Waals surface area contributed by atoms with Gasteiger partial charge in [-0.2, -0.15) is 5.26 Å². The molecular weight excluding hydrogens is 492 g/mol. The minimum Gasteiger partial charge on any atom is -0.357 e. The summed E-state index contributed by atoms with van der Waals surface area (Å²) in [5.74, 6) is 0.411. The Bertz CT molecular complexity index is 1270. The number of thiocarbonyl (C=S) groups is 1. The van der Waals surface area contributed by atoms with Gasteiger partial charge in [-0.15, -0.1) is 0 Å². The number of rotatable bonds is 5. The van der Waals surface area contributed by atoms with Gasteiger partial charge in [0, 0.05) is 25.2 Å². The SMILES string of the molecule is CCCn1c(N2CCCCC2)c(C=C2SC(=S)N(C3CCS(=O)(=O)C3)C2=O)c(C)c(C#N)c1=O. The van der Waals surface area contributed by atoms with Gasteiger partial charge in [-0.3, -0.25) is 19.1 Å². The number of pyridine rings is 1. The summed E-state index contributed by atoms with van der Waals surface area (Å²) in [6, 6.07) is 1.62. The second-order valence-corrected chi connectivity index (χ2v) is 12.9. The van der Waals surface area contributed by atoms with E-state index in [2.05, 4.69) is 11.0 Å². The van der Waals surface area contributed by atoms with Crippen LogP contribution in [0.15, 0.2) is 9.70 Å². The molecule has 0 saturated carbocycles. The molecule has 4 rings (SSSR count). The van der Waals surface area contributed by atoms with Crippen LogP contribution in [0.25, 0.3) is 6.08 Å². The second-order valence-electron chi connectivity index (χ2n) is 8.96. The molecule has 4 heterocycles. The van der Waals surface area contributed by atoms with Crippen molar-refractivity contribution >= 4 is 55.9 Å². The Kier molecular flexibility index (Phi) is 7.22. The van der Waals surface area contributed by atoms with E-state index in [4.69, 9.17) is 12.2 Å². The van der Waals surface area contributed by atoms with E-state index in [1.807, 2.05) is 6.92 Å². The average molecular weight is 521 g/mol. The van der Waals surface area contributed by atoms with E-state index >= 15 is 0 Å². The van der Waals surface area contributed by atoms with Gasteiger partial charge in [-0.1, -0.05) is 30.9 Å². The molecule has 3 saturated heterocycles. The lowest BCUT2D eigenvalue weighted by Crippen LogP contribution is -2.39. The van der Waals surface area contributed by atoms with Crippen molar-refractivity contribution in [1.29, 1.82) is 5.26 Å². The summed E-state index contributed by atoms with van der Waals surface area (Å²) >= 11 is 6.61. The number of nitrogens with zero attached hydrogens (tertiary/aromatic N) is 4. The Balaban J connectivity index is 1.84. The zero-order valence-corrected chi connectivity index (χ0v) is 21.8. The molecule has 8 nitrogen and oxygen atoms in total. The van der Waals surface area contributed by atoms with Crippen LogP contribution >= 0.6 is 24.0 Å². The van der Waals surface area contributed by atoms with Crippen molar-refractivity contribution in [2.45, 2.75) is 58.5 Å². The lowest BCUT2D eigenvalue weighted by Gasteiger charge is -2.33. The summed E-state index contributed by atoms with van der Waals surface area (Å²) in [6.07, 6.45) is 6.00. The highest BCUT2D eigenvalue weighted by atomic mass is 32.2. The van der Waals surface area contributed by atoms with Crippen LogP contribution in [0, 0.1) is 18.3 Å². The largest absolute Gasteiger partial charge is 0.357 e. The van der Waals surface area contributed by atoms with Crippen LogP contribution in [0.2, 0.25) is 0 Å². The highest BCUT2D eigenvalue weighted by Gasteiger charge is 2.42. The Hall–Kier alpha value is -2.16. The summed E-state index contributed by atoms with van der Waals surface area (Å²) in [4.78, 5) is 30.6. The number of sulfone groups is 1. The minimum atomic E-state index is -3.17. The van der Waals surface area contributed by atoms with E-state index in [0.717, 1.165) is 56.4 Å². The molecule has 1 atom stereocenters. The molecule has 3 aliphatic heterocycles. The normalized spacial score (nSPS) is 23.7. The smallest absolute Gasteiger partial charge is 0.270 e. The molecule has 1 amide bonds. The molecule has 11 heteroatoms. The van der Waals surface area contributed by atoms with Gasteiger partial charge >= 0.3 is 0 Å². The van der Waals surface area contributed by atoms with Crippen molar-refractivity contribution in [2.24, 2.45) is 0 Å². The van der Waals surface area contributed by atoms with E-state index < -0.39 is 15.9 Å². The van der Waals surface area contributed by atoms with Gasteiger partial charge < -0.3 is 4.90 Å². The molecule has 182 valence electrons. The number of carbonyl (C=O) groups excluding carboxylic acids is 1. The van der Waals surface area contributed by atoms with Gasteiger partial charge in [-0.25, -0.2) is 8.42 Å². The standard InChI is InChI=1S/C23H28N4O4S3/c1-3-8-26-20(25-9-5-4-6-10-25)17(15(2)18(13-24)21(26)28)12-19-22(29)27(23(32)33-19)16-7-11-34(30,31)14-16/h12,16H,3-11,14H2,1-2H3. The number of carbonyl (C=O) groups is 1. The summed E-state index contributed by atoms with van der Waals surface area (Å²) in [5.41, 5.74) is 1.02. The van der Waals surface area contributed by atoms with Crippen LogP contribution in [0.1, 0.15) is 55.7 Å². The molecule has 0 spiro atoms. The maximum Gasteiger partial charge on any atom is 0.270 e. The van der Waals surface area contributed by atoms with Crippen LogP contribution < -0.4 is 10.5 Å². The molecule has 3 aliphatic rings. The van der Waals surface area contributed by atoms with E-state index in [-0.39, 0.29) is 28.5 Å². The predicted octanol–water partition coefficient (Wildman–Crippen LogP) is 2.82. The van der Waals surface area contributed by atoms with Gasteiger partial charge in [0.25, 0.3) is 11.5 Å². The van der Waals surface area contributed by atoms with Crippen molar-refractivity contribution in [1.82, 2.24) is 9.47 Å². The number of anilines is 1. The number of hydrogen-bond acceptors (Lipinski definition) is 8. The van der Waals surface area contributed by atoms with Crippen molar-refractivity contribution in [2.75, 3.05) is 29.5 Å². The van der Waals surface area contributed by atoms with E-state index in [1.165, 1.54) is 4.90 Å². The first-order chi connectivity index (χ1) is 16.2. The lowest BCUT2D eigenvalue weighted by molar-refractivity contribution is -0.123. The zero-order valence-electron chi connectivity index (χ0n) is 19.4. The number of aromatic nitrogens is 1. The summed E-state index contributed by atoms with van der Waals surface area (Å²) in [5, 5.41) is 9.75. The molecule has 1 aromatic rings. The minimum absolute atomic E-state index is 0.0551. The quantitative estimate of drug-likeness (QED) is 0.431. The van der Waals surface area contributed by atoms with E-state index in [9.17, 15) is 23.3 Å². The summed E-state index contributed by atoms with van der Waals surface area (Å²) in [7, 11) is -3.17. The highest BCUT2D eigenvalue weighted by Crippen LogP contribution is 2.38. The topological polar surface area (TPSA) is 103 Å². The van der Waals surface area contributed by atoms with Crippen LogP contribution in [0.4, 0.5) is 5.82 Å². The van der Waals surface area contributed by atoms with Gasteiger partial charge in [0.1, 0.15) is 21.8 Å². The molecule has 0 aliphatic carbocycles. The first-order valence-electron chi connectivity index (χ1n) is 11.6. The number of piperidine rings is 1. The lowest BCUT2D eigenvalue weighted by atomic mass is 10.0. The van der Waals surface area contributed by atoms with Crippen LogP contribution in [-0.2, 0) is 21.2 Å². The van der Waals surface area contributed by atoms with E-state index in [0.29, 0.717) is 33.3 Å². The number of hydrogen-bond donors (Lipinski definition) is 0. The van der Waals surface area contributed by atoms with Crippen molar-refractivity contribution in [3.05, 3.63) is 31.9 Å². The monoisotopic (exact) mass is 520 g/mol. The average Bonchev–Trinajstić information content (AvgIpc) is 3.29. The Morgan fingerprint density at radius 2 is 1.94 bits per heavy atom. The fraction of sp³-hybridized carbons (Fsp3) is 0.565. The Labute approximate surface area is 209 Å². The van der Waals surface area contributed by atoms with Gasteiger partial charge in [0.05, 0.1) is 22.5 Å². The molecular formula is C23H28N4O4S3. The summed E-state index contributed by atoms with van der Waals surface area (Å²) in [6.45, 7) is 5.81. The Morgan fingerprint density at radius 3 is 2.53 bits per heavy atom. The summed E-state index contributed by atoms with van der Waals surface area (Å²) < 4.78 is 26.0. The predicted molar refractivity (Wildman–Crippen MR) is 139 cm³/mol. The Morgan fingerprint density at radius 1 is 1.24 bits per heavy atom. The first kappa shape index (κ1) is 24.9. The second kappa shape index (κ2) is 9.84. The van der Waals surface area contributed by atoms with Crippen molar-refractivity contribution in [3.8, 4) is 6.07 Å². The first-order valence-corrected chi connectivity index (χ1v) is 14.6. The molecule has 1 unspecified atom stereocenters. The maximum absolute atomic E-state index is 13.4. The van der Waals surface area contributed by atoms with Crippen LogP contribution in [0.3, 0.4) is 0 Å². The van der Waals surface area contributed by atoms with Crippen LogP contribution in [0.5, 0.6) is 0 Å². The van der Waals surface area contributed by atoms with Crippen LogP contribution in [-0.4, -0.2) is 58.7 Å². The van der Waals surface area contributed by atoms with Gasteiger partial charge in [-0.05, 0) is 50.7 Å². The molecule has 0 bridgehead atoms. The third-order valence-corrected chi connectivity index (χ3v) is 9.70. The van der Waals surface area contributed by atoms with Crippen molar-refractivity contribution in [3.63, 3.8) is 0 Å². The van der Waals surface area contributed by atoms with Gasteiger partial charge in [0.15, 0.2) is 9.84 Å². The fourth-order valence-corrected chi connectivity index (χ4v) is 8.01. The molecule has 0 aromatic carbocycles. The third kappa shape index (κ3) is 4.55. The number of nitriles is 1. The number of amides is 1. The van der Waals surface area contributed by atoms with Gasteiger partial charge in [0.2, 0.25) is 0 Å². The molecule has 1 aromatic heterocycles. The molecule has 0 radical (unpaired) electrons. The number of thioether (sulfide) groups is 1. The molecule has 0 N–H and O–H groups in total. The van der Waals surface area contributed by atoms with Crippen molar-refractivity contribution < 1.29 is 13.2 Å². The third-order valence-electron chi connectivity index (χ3n) is 6.62. The maximum atomic E-state index is 13.4. The van der Waals surface area contributed by atoms with E-state index in [1.54, 1.807) is 17.6 Å².